The van der Waals surface area contributed by atoms with E-state index in [4.69, 9.17) is 14.2 Å². The van der Waals surface area contributed by atoms with Crippen LogP contribution in [0, 0.1) is 5.92 Å². The summed E-state index contributed by atoms with van der Waals surface area (Å²) in [6.45, 7) is 3.08. The van der Waals surface area contributed by atoms with E-state index in [1.54, 1.807) is 7.11 Å². The normalized spacial score (nSPS) is 17.5. The number of fused-ring (bicyclic) bond motifs is 1. The van der Waals surface area contributed by atoms with Crippen LogP contribution in [0.2, 0.25) is 0 Å². The molecule has 1 atom stereocenters. The van der Waals surface area contributed by atoms with E-state index in [0.717, 1.165) is 20.9 Å². The van der Waals surface area contributed by atoms with Crippen molar-refractivity contribution in [2.45, 2.75) is 25.6 Å². The molecule has 8 heteroatoms. The highest BCUT2D eigenvalue weighted by Gasteiger charge is 2.49. The molecule has 1 aliphatic heterocycles. The fourth-order valence-corrected chi connectivity index (χ4v) is 5.33. The zero-order valence-electron chi connectivity index (χ0n) is 16.5. The van der Waals surface area contributed by atoms with Crippen molar-refractivity contribution in [1.29, 1.82) is 0 Å². The number of carbonyl (C=O) groups is 2. The van der Waals surface area contributed by atoms with Crippen LogP contribution in [0.15, 0.2) is 51.5 Å². The molecule has 0 spiro atoms. The Balaban J connectivity index is 1.98. The number of H-pyrrole nitrogens is 1. The van der Waals surface area contributed by atoms with Gasteiger partial charge in [0.15, 0.2) is 5.92 Å². The summed E-state index contributed by atoms with van der Waals surface area (Å²) in [5.41, 5.74) is 2.32. The number of aromatic amines is 1. The Kier molecular flexibility index (Phi) is 5.40. The van der Waals surface area contributed by atoms with Crippen molar-refractivity contribution in [3.63, 3.8) is 0 Å². The predicted molar refractivity (Wildman–Crippen MR) is 118 cm³/mol. The summed E-state index contributed by atoms with van der Waals surface area (Å²) in [4.78, 5) is 29.3. The number of para-hydroxylation sites is 1. The zero-order chi connectivity index (χ0) is 21.6. The molecule has 1 aromatic heterocycles. The van der Waals surface area contributed by atoms with Crippen LogP contribution in [0.5, 0.6) is 5.75 Å². The van der Waals surface area contributed by atoms with Gasteiger partial charge >= 0.3 is 11.9 Å². The van der Waals surface area contributed by atoms with Crippen LogP contribution in [0.25, 0.3) is 10.9 Å². The second kappa shape index (κ2) is 7.74. The molecule has 1 aliphatic rings. The number of rotatable bonds is 4. The summed E-state index contributed by atoms with van der Waals surface area (Å²) >= 11 is 7.02. The molecule has 0 amide bonds. The summed E-state index contributed by atoms with van der Waals surface area (Å²) in [7, 11) is 1.55. The van der Waals surface area contributed by atoms with Crippen LogP contribution in [-0.4, -0.2) is 29.8 Å². The lowest BCUT2D eigenvalue weighted by Gasteiger charge is -2.36. The van der Waals surface area contributed by atoms with Gasteiger partial charge in [0.2, 0.25) is 0 Å². The lowest BCUT2D eigenvalue weighted by Crippen LogP contribution is -2.48. The van der Waals surface area contributed by atoms with E-state index < -0.39 is 29.6 Å². The summed E-state index contributed by atoms with van der Waals surface area (Å²) < 4.78 is 18.0. The van der Waals surface area contributed by atoms with Crippen molar-refractivity contribution < 1.29 is 23.8 Å². The fourth-order valence-electron chi connectivity index (χ4n) is 3.91. The second-order valence-electron chi connectivity index (χ2n) is 7.50. The van der Waals surface area contributed by atoms with Gasteiger partial charge in [0.25, 0.3) is 5.79 Å². The van der Waals surface area contributed by atoms with Crippen LogP contribution in [0.1, 0.15) is 30.9 Å². The number of hydrogen-bond acceptors (Lipinski definition) is 5. The van der Waals surface area contributed by atoms with Crippen LogP contribution in [0.4, 0.5) is 0 Å². The van der Waals surface area contributed by atoms with Crippen LogP contribution in [0.3, 0.4) is 0 Å². The molecule has 4 rings (SSSR count). The van der Waals surface area contributed by atoms with Gasteiger partial charge in [-0.15, -0.1) is 0 Å². The summed E-state index contributed by atoms with van der Waals surface area (Å²) in [6.07, 6.45) is 1.81. The average molecular weight is 537 g/mol. The Morgan fingerprint density at radius 3 is 2.40 bits per heavy atom. The van der Waals surface area contributed by atoms with Crippen molar-refractivity contribution in [1.82, 2.24) is 4.98 Å². The molecule has 30 heavy (non-hydrogen) atoms. The highest BCUT2D eigenvalue weighted by Crippen LogP contribution is 2.46. The minimum atomic E-state index is -1.31. The van der Waals surface area contributed by atoms with Gasteiger partial charge < -0.3 is 19.2 Å². The van der Waals surface area contributed by atoms with Gasteiger partial charge in [-0.25, -0.2) is 0 Å². The monoisotopic (exact) mass is 535 g/mol. The van der Waals surface area contributed by atoms with Crippen molar-refractivity contribution in [3.8, 4) is 5.75 Å². The Morgan fingerprint density at radius 2 is 1.73 bits per heavy atom. The SMILES string of the molecule is COc1c(Br)cc(Br)cc1[C@@H](c1c[nH]c2ccccc12)C1C(=O)OC(C)(C)OC1=O. The first kappa shape index (κ1) is 20.9. The fraction of sp³-hybridized carbons (Fsp3) is 0.273. The zero-order valence-corrected chi connectivity index (χ0v) is 19.7. The molecule has 0 radical (unpaired) electrons. The Hall–Kier alpha value is -2.32. The first-order chi connectivity index (χ1) is 14.2. The third-order valence-corrected chi connectivity index (χ3v) is 6.11. The number of hydrogen-bond donors (Lipinski definition) is 1. The van der Waals surface area contributed by atoms with Gasteiger partial charge in [-0.3, -0.25) is 9.59 Å². The number of aromatic nitrogens is 1. The third kappa shape index (κ3) is 3.63. The maximum Gasteiger partial charge on any atom is 0.324 e. The minimum absolute atomic E-state index is 0.527. The molecule has 3 aromatic rings. The smallest absolute Gasteiger partial charge is 0.324 e. The summed E-state index contributed by atoms with van der Waals surface area (Å²) in [5.74, 6) is -3.93. The van der Waals surface area contributed by atoms with Gasteiger partial charge in [0.1, 0.15) is 5.75 Å². The van der Waals surface area contributed by atoms with Crippen LogP contribution in [-0.2, 0) is 19.1 Å². The van der Waals surface area contributed by atoms with E-state index in [-0.39, 0.29) is 0 Å². The number of cyclic esters (lactones) is 2. The maximum absolute atomic E-state index is 13.0. The van der Waals surface area contributed by atoms with E-state index >= 15 is 0 Å². The van der Waals surface area contributed by atoms with Crippen molar-refractivity contribution >= 4 is 54.7 Å². The molecule has 0 saturated carbocycles. The number of esters is 2. The average Bonchev–Trinajstić information content (AvgIpc) is 3.07. The molecule has 1 fully saturated rings. The molecule has 0 aliphatic carbocycles. The van der Waals surface area contributed by atoms with E-state index in [1.165, 1.54) is 13.8 Å². The van der Waals surface area contributed by atoms with Crippen molar-refractivity contribution in [2.24, 2.45) is 5.92 Å². The predicted octanol–water partition coefficient (Wildman–Crippen LogP) is 5.29. The quantitative estimate of drug-likeness (QED) is 0.362. The maximum atomic E-state index is 13.0. The van der Waals surface area contributed by atoms with Crippen LogP contribution >= 0.6 is 31.9 Å². The second-order valence-corrected chi connectivity index (χ2v) is 9.27. The minimum Gasteiger partial charge on any atom is -0.495 e. The molecular formula is C22H19Br2NO5. The van der Waals surface area contributed by atoms with Crippen molar-refractivity contribution in [2.75, 3.05) is 7.11 Å². The topological polar surface area (TPSA) is 77.6 Å². The Bertz CT molecular complexity index is 1130. The highest BCUT2D eigenvalue weighted by molar-refractivity contribution is 9.11. The number of ether oxygens (including phenoxy) is 3. The first-order valence-corrected chi connectivity index (χ1v) is 10.8. The van der Waals surface area contributed by atoms with Gasteiger partial charge in [-0.05, 0) is 39.7 Å². The lowest BCUT2D eigenvalue weighted by molar-refractivity contribution is -0.240. The molecule has 0 unspecified atom stereocenters. The van der Waals surface area contributed by atoms with E-state index in [9.17, 15) is 9.59 Å². The van der Waals surface area contributed by atoms with Gasteiger partial charge in [0.05, 0.1) is 11.6 Å². The van der Waals surface area contributed by atoms with E-state index in [2.05, 4.69) is 36.8 Å². The molecule has 1 saturated heterocycles. The Labute approximate surface area is 190 Å². The summed E-state index contributed by atoms with van der Waals surface area (Å²) in [6, 6.07) is 11.4. The summed E-state index contributed by atoms with van der Waals surface area (Å²) in [5, 5.41) is 0.895. The molecule has 156 valence electrons. The first-order valence-electron chi connectivity index (χ1n) is 9.26. The van der Waals surface area contributed by atoms with Gasteiger partial charge in [-0.1, -0.05) is 34.1 Å². The molecular weight excluding hydrogens is 518 g/mol. The number of halogens is 2. The van der Waals surface area contributed by atoms with Crippen molar-refractivity contribution in [3.05, 3.63) is 62.7 Å². The number of methoxy groups -OCH3 is 1. The highest BCUT2D eigenvalue weighted by atomic mass is 79.9. The molecule has 1 N–H and O–H groups in total. The third-order valence-electron chi connectivity index (χ3n) is 5.07. The molecule has 0 bridgehead atoms. The number of carbonyl (C=O) groups excluding carboxylic acids is 2. The largest absolute Gasteiger partial charge is 0.495 e. The molecule has 2 aromatic carbocycles. The van der Waals surface area contributed by atoms with Crippen LogP contribution < -0.4 is 4.74 Å². The Morgan fingerprint density at radius 1 is 1.07 bits per heavy atom. The van der Waals surface area contributed by atoms with E-state index in [1.807, 2.05) is 42.6 Å². The molecule has 6 nitrogen and oxygen atoms in total. The number of nitrogens with one attached hydrogen (secondary N) is 1. The van der Waals surface area contributed by atoms with Gasteiger partial charge in [-0.2, -0.15) is 0 Å². The lowest BCUT2D eigenvalue weighted by atomic mass is 9.79. The van der Waals surface area contributed by atoms with E-state index in [0.29, 0.717) is 15.8 Å². The number of benzene rings is 2. The standard InChI is InChI=1S/C22H19Br2NO5/c1-22(2)29-20(26)18(21(27)30-22)17(13-8-11(23)9-15(24)19(13)28-3)14-10-25-16-7-5-4-6-12(14)16/h4-10,17-18,25H,1-3H3/t17-/m0/s1. The molecule has 2 heterocycles. The van der Waals surface area contributed by atoms with Gasteiger partial charge in [0, 0.05) is 46.9 Å².